The Kier molecular flexibility index (Phi) is 4.57. The Morgan fingerprint density at radius 1 is 1.18 bits per heavy atom. The van der Waals surface area contributed by atoms with Crippen LogP contribution in [-0.2, 0) is 4.79 Å². The highest BCUT2D eigenvalue weighted by atomic mass is 32.1. The van der Waals surface area contributed by atoms with Crippen LogP contribution >= 0.6 is 11.3 Å². The Hall–Kier alpha value is -3.96. The third-order valence-corrected chi connectivity index (χ3v) is 7.82. The number of hydrogen-bond donors (Lipinski definition) is 1. The van der Waals surface area contributed by atoms with Crippen LogP contribution in [0.1, 0.15) is 12.0 Å². The maximum Gasteiger partial charge on any atom is 0.245 e. The number of benzene rings is 2. The molecule has 0 atom stereocenters. The van der Waals surface area contributed by atoms with Crippen molar-refractivity contribution in [1.82, 2.24) is 14.9 Å². The van der Waals surface area contributed by atoms with Gasteiger partial charge in [0.25, 0.3) is 0 Å². The molecule has 2 aromatic heterocycles. The lowest BCUT2D eigenvalue weighted by Gasteiger charge is -2.47. The zero-order valence-corrected chi connectivity index (χ0v) is 19.3. The number of para-hydroxylation sites is 2. The molecule has 1 spiro atoms. The predicted octanol–water partition coefficient (Wildman–Crippen LogP) is 4.19. The van der Waals surface area contributed by atoms with Crippen molar-refractivity contribution in [2.45, 2.75) is 6.42 Å². The summed E-state index contributed by atoms with van der Waals surface area (Å²) in [4.78, 5) is 25.5. The molecule has 6 rings (SSSR count). The van der Waals surface area contributed by atoms with E-state index in [2.05, 4.69) is 22.5 Å². The molecule has 0 unspecified atom stereocenters. The summed E-state index contributed by atoms with van der Waals surface area (Å²) >= 11 is 1.44. The Bertz CT molecular complexity index is 1530. The van der Waals surface area contributed by atoms with Crippen molar-refractivity contribution in [1.29, 1.82) is 5.26 Å². The molecule has 2 aliphatic rings. The van der Waals surface area contributed by atoms with Crippen molar-refractivity contribution in [2.24, 2.45) is 5.41 Å². The van der Waals surface area contributed by atoms with Crippen molar-refractivity contribution in [3.05, 3.63) is 60.7 Å². The van der Waals surface area contributed by atoms with E-state index >= 15 is 0 Å². The number of fused-ring (bicyclic) bond motifs is 2. The first kappa shape index (κ1) is 20.6. The first-order valence-electron chi connectivity index (χ1n) is 11.2. The van der Waals surface area contributed by atoms with Gasteiger partial charge < -0.3 is 15.5 Å². The predicted molar refractivity (Wildman–Crippen MR) is 136 cm³/mol. The number of rotatable bonds is 3. The fourth-order valence-electron chi connectivity index (χ4n) is 5.40. The standard InChI is InChI=1S/C26H22N6OS/c1-2-21(33)32-14-26(15-32)10-11-31(13-26)24-18(12-27)22(16-6-3-4-8-19(16)29-24)17-7-5-9-20-23(17)30-25(28)34-20/h2-9H,1,10-11,13-15H2,(H2,28,30). The molecule has 2 N–H and O–H groups in total. The normalized spacial score (nSPS) is 16.7. The molecule has 2 aliphatic heterocycles. The molecule has 1 amide bonds. The molecule has 2 aromatic carbocycles. The van der Waals surface area contributed by atoms with Crippen LogP contribution in [0.4, 0.5) is 10.9 Å². The molecule has 34 heavy (non-hydrogen) atoms. The Labute approximate surface area is 200 Å². The van der Waals surface area contributed by atoms with Crippen LogP contribution in [0.3, 0.4) is 0 Å². The number of likely N-dealkylation sites (tertiary alicyclic amines) is 1. The molecule has 4 heterocycles. The minimum absolute atomic E-state index is 0.0245. The number of carbonyl (C=O) groups is 1. The van der Waals surface area contributed by atoms with Crippen LogP contribution in [-0.4, -0.2) is 47.0 Å². The van der Waals surface area contributed by atoms with Crippen molar-refractivity contribution >= 4 is 49.3 Å². The van der Waals surface area contributed by atoms with Crippen LogP contribution in [0.5, 0.6) is 0 Å². The largest absolute Gasteiger partial charge is 0.375 e. The van der Waals surface area contributed by atoms with Crippen molar-refractivity contribution in [3.63, 3.8) is 0 Å². The lowest BCUT2D eigenvalue weighted by Crippen LogP contribution is -2.59. The van der Waals surface area contributed by atoms with Gasteiger partial charge in [-0.1, -0.05) is 48.2 Å². The zero-order chi connectivity index (χ0) is 23.4. The van der Waals surface area contributed by atoms with Gasteiger partial charge in [-0.2, -0.15) is 5.26 Å². The van der Waals surface area contributed by atoms with Crippen molar-refractivity contribution in [2.75, 3.05) is 36.8 Å². The second-order valence-electron chi connectivity index (χ2n) is 9.09. The second kappa shape index (κ2) is 7.54. The molecule has 2 fully saturated rings. The maximum atomic E-state index is 12.0. The first-order valence-corrected chi connectivity index (χ1v) is 12.0. The van der Waals surface area contributed by atoms with Crippen molar-refractivity contribution in [3.8, 4) is 17.2 Å². The van der Waals surface area contributed by atoms with E-state index in [0.29, 0.717) is 29.6 Å². The first-order chi connectivity index (χ1) is 16.5. The summed E-state index contributed by atoms with van der Waals surface area (Å²) in [6.07, 6.45) is 2.33. The van der Waals surface area contributed by atoms with E-state index in [1.807, 2.05) is 47.4 Å². The van der Waals surface area contributed by atoms with Crippen LogP contribution < -0.4 is 10.6 Å². The average molecular weight is 467 g/mol. The fourth-order valence-corrected chi connectivity index (χ4v) is 6.16. The lowest BCUT2D eigenvalue weighted by molar-refractivity contribution is -0.136. The van der Waals surface area contributed by atoms with Gasteiger partial charge >= 0.3 is 0 Å². The highest BCUT2D eigenvalue weighted by Gasteiger charge is 2.49. The van der Waals surface area contributed by atoms with E-state index in [1.165, 1.54) is 17.4 Å². The summed E-state index contributed by atoms with van der Waals surface area (Å²) in [7, 11) is 0. The van der Waals surface area contributed by atoms with E-state index in [1.54, 1.807) is 0 Å². The summed E-state index contributed by atoms with van der Waals surface area (Å²) in [6, 6.07) is 16.4. The van der Waals surface area contributed by atoms with Crippen LogP contribution in [0, 0.1) is 16.7 Å². The molecule has 0 aliphatic carbocycles. The van der Waals surface area contributed by atoms with Gasteiger partial charge in [0.2, 0.25) is 5.91 Å². The van der Waals surface area contributed by atoms with Gasteiger partial charge in [0.1, 0.15) is 17.5 Å². The zero-order valence-electron chi connectivity index (χ0n) is 18.5. The molecule has 4 aromatic rings. The number of amides is 1. The number of thiazole rings is 1. The minimum atomic E-state index is -0.0245. The summed E-state index contributed by atoms with van der Waals surface area (Å²) < 4.78 is 0.989. The van der Waals surface area contributed by atoms with E-state index < -0.39 is 0 Å². The third kappa shape index (κ3) is 3.05. The average Bonchev–Trinajstić information content (AvgIpc) is 3.44. The van der Waals surface area contributed by atoms with Gasteiger partial charge in [0.05, 0.1) is 15.7 Å². The number of pyridine rings is 1. The Balaban J connectivity index is 1.49. The molecule has 7 nitrogen and oxygen atoms in total. The van der Waals surface area contributed by atoms with Crippen LogP contribution in [0.15, 0.2) is 55.1 Å². The van der Waals surface area contributed by atoms with E-state index in [4.69, 9.17) is 10.7 Å². The minimum Gasteiger partial charge on any atom is -0.375 e. The van der Waals surface area contributed by atoms with E-state index in [-0.39, 0.29) is 11.3 Å². The SMILES string of the molecule is C=CC(=O)N1CC2(CCN(c3nc4ccccc4c(-c4cccc5sc(N)nc45)c3C#N)C2)C1. The number of nitrogen functional groups attached to an aromatic ring is 1. The highest BCUT2D eigenvalue weighted by molar-refractivity contribution is 7.22. The molecule has 8 heteroatoms. The lowest BCUT2D eigenvalue weighted by atomic mass is 9.79. The molecule has 168 valence electrons. The topological polar surface area (TPSA) is 99.1 Å². The van der Waals surface area contributed by atoms with Gasteiger partial charge in [0.15, 0.2) is 5.13 Å². The summed E-state index contributed by atoms with van der Waals surface area (Å²) in [5.41, 5.74) is 10.0. The van der Waals surface area contributed by atoms with Crippen LogP contribution in [0.2, 0.25) is 0 Å². The van der Waals surface area contributed by atoms with E-state index in [9.17, 15) is 10.1 Å². The van der Waals surface area contributed by atoms with Gasteiger partial charge in [0, 0.05) is 48.1 Å². The number of carbonyl (C=O) groups excluding carboxylic acids is 1. The second-order valence-corrected chi connectivity index (χ2v) is 10.2. The van der Waals surface area contributed by atoms with Gasteiger partial charge in [-0.15, -0.1) is 0 Å². The Morgan fingerprint density at radius 2 is 2.00 bits per heavy atom. The summed E-state index contributed by atoms with van der Waals surface area (Å²) in [6.45, 7) is 6.59. The summed E-state index contributed by atoms with van der Waals surface area (Å²) in [5, 5.41) is 11.8. The number of nitrogens with zero attached hydrogens (tertiary/aromatic N) is 5. The maximum absolute atomic E-state index is 12.0. The molecule has 0 saturated carbocycles. The third-order valence-electron chi connectivity index (χ3n) is 6.97. The Morgan fingerprint density at radius 3 is 2.79 bits per heavy atom. The molecular formula is C26H22N6OS. The van der Waals surface area contributed by atoms with Gasteiger partial charge in [-0.05, 0) is 24.6 Å². The monoisotopic (exact) mass is 466 g/mol. The number of nitrogens with two attached hydrogens (primary N) is 1. The van der Waals surface area contributed by atoms with Gasteiger partial charge in [-0.3, -0.25) is 4.79 Å². The number of aromatic nitrogens is 2. The molecule has 0 radical (unpaired) electrons. The fraction of sp³-hybridized carbons (Fsp3) is 0.231. The quantitative estimate of drug-likeness (QED) is 0.455. The summed E-state index contributed by atoms with van der Waals surface area (Å²) in [5.74, 6) is 0.672. The van der Waals surface area contributed by atoms with Crippen LogP contribution in [0.25, 0.3) is 32.2 Å². The highest BCUT2D eigenvalue weighted by Crippen LogP contribution is 2.45. The number of anilines is 2. The van der Waals surface area contributed by atoms with Crippen molar-refractivity contribution < 1.29 is 4.79 Å². The van der Waals surface area contributed by atoms with E-state index in [0.717, 1.165) is 51.8 Å². The number of nitriles is 1. The van der Waals surface area contributed by atoms with Gasteiger partial charge in [-0.25, -0.2) is 9.97 Å². The number of hydrogen-bond acceptors (Lipinski definition) is 7. The smallest absolute Gasteiger partial charge is 0.245 e. The molecular weight excluding hydrogens is 444 g/mol. The molecule has 2 saturated heterocycles. The molecule has 0 bridgehead atoms.